The molecule has 0 amide bonds. The maximum Gasteiger partial charge on any atom is 0.0406 e. The summed E-state index contributed by atoms with van der Waals surface area (Å²) in [5.41, 5.74) is 9.32. The first kappa shape index (κ1) is 12.2. The summed E-state index contributed by atoms with van der Waals surface area (Å²) in [6.45, 7) is 2.82. The molecule has 0 aromatic heterocycles. The van der Waals surface area contributed by atoms with Crippen LogP contribution in [-0.2, 0) is 0 Å². The van der Waals surface area contributed by atoms with E-state index in [4.69, 9.17) is 17.3 Å². The standard InChI is InChI=1S/C15H16ClN/c1-11(10-17)12-2-4-13(5-3-12)14-6-8-15(16)9-7-14/h2-9,11H,10,17H2,1H3. The average Bonchev–Trinajstić information content (AvgIpc) is 2.39. The lowest BCUT2D eigenvalue weighted by molar-refractivity contribution is 0.774. The van der Waals surface area contributed by atoms with Crippen LogP contribution in [0.3, 0.4) is 0 Å². The SMILES string of the molecule is CC(CN)c1ccc(-c2ccc(Cl)cc2)cc1. The van der Waals surface area contributed by atoms with Gasteiger partial charge in [-0.3, -0.25) is 0 Å². The number of nitrogens with two attached hydrogens (primary N) is 1. The van der Waals surface area contributed by atoms with Crippen molar-refractivity contribution in [2.24, 2.45) is 5.73 Å². The summed E-state index contributed by atoms with van der Waals surface area (Å²) in [6, 6.07) is 16.4. The van der Waals surface area contributed by atoms with Gasteiger partial charge in [0.25, 0.3) is 0 Å². The fourth-order valence-corrected chi connectivity index (χ4v) is 1.91. The van der Waals surface area contributed by atoms with E-state index in [1.54, 1.807) is 0 Å². The Morgan fingerprint density at radius 1 is 0.941 bits per heavy atom. The number of rotatable bonds is 3. The third-order valence-corrected chi connectivity index (χ3v) is 3.26. The number of benzene rings is 2. The molecule has 0 aliphatic rings. The molecule has 2 aromatic carbocycles. The van der Waals surface area contributed by atoms with E-state index in [1.165, 1.54) is 16.7 Å². The van der Waals surface area contributed by atoms with Crippen molar-refractivity contribution in [3.63, 3.8) is 0 Å². The van der Waals surface area contributed by atoms with Crippen molar-refractivity contribution in [3.8, 4) is 11.1 Å². The zero-order valence-corrected chi connectivity index (χ0v) is 10.6. The molecule has 17 heavy (non-hydrogen) atoms. The number of hydrogen-bond acceptors (Lipinski definition) is 1. The minimum atomic E-state index is 0.411. The first-order valence-corrected chi connectivity index (χ1v) is 6.14. The molecule has 88 valence electrons. The normalized spacial score (nSPS) is 12.4. The van der Waals surface area contributed by atoms with Crippen LogP contribution in [0.15, 0.2) is 48.5 Å². The van der Waals surface area contributed by atoms with Crippen LogP contribution in [0.1, 0.15) is 18.4 Å². The maximum absolute atomic E-state index is 5.87. The highest BCUT2D eigenvalue weighted by Crippen LogP contribution is 2.23. The van der Waals surface area contributed by atoms with Crippen LogP contribution in [0.25, 0.3) is 11.1 Å². The first-order chi connectivity index (χ1) is 8.20. The summed E-state index contributed by atoms with van der Waals surface area (Å²) in [4.78, 5) is 0. The highest BCUT2D eigenvalue weighted by molar-refractivity contribution is 6.30. The van der Waals surface area contributed by atoms with Gasteiger partial charge in [-0.15, -0.1) is 0 Å². The van der Waals surface area contributed by atoms with Gasteiger partial charge < -0.3 is 5.73 Å². The molecule has 1 atom stereocenters. The van der Waals surface area contributed by atoms with Crippen molar-refractivity contribution in [1.82, 2.24) is 0 Å². The molecule has 0 aliphatic carbocycles. The van der Waals surface area contributed by atoms with Crippen molar-refractivity contribution in [2.75, 3.05) is 6.54 Å². The summed E-state index contributed by atoms with van der Waals surface area (Å²) >= 11 is 5.87. The van der Waals surface area contributed by atoms with Crippen molar-refractivity contribution < 1.29 is 0 Å². The molecule has 0 fully saturated rings. The maximum atomic E-state index is 5.87. The summed E-state index contributed by atoms with van der Waals surface area (Å²) in [5, 5.41) is 0.766. The fourth-order valence-electron chi connectivity index (χ4n) is 1.78. The minimum Gasteiger partial charge on any atom is -0.330 e. The van der Waals surface area contributed by atoms with E-state index in [1.807, 2.05) is 24.3 Å². The fraction of sp³-hybridized carbons (Fsp3) is 0.200. The van der Waals surface area contributed by atoms with Crippen LogP contribution >= 0.6 is 11.6 Å². The lowest BCUT2D eigenvalue weighted by atomic mass is 9.98. The van der Waals surface area contributed by atoms with E-state index in [0.29, 0.717) is 12.5 Å². The summed E-state index contributed by atoms with van der Waals surface area (Å²) in [6.07, 6.45) is 0. The van der Waals surface area contributed by atoms with E-state index in [9.17, 15) is 0 Å². The highest BCUT2D eigenvalue weighted by atomic mass is 35.5. The van der Waals surface area contributed by atoms with Crippen LogP contribution in [0, 0.1) is 0 Å². The van der Waals surface area contributed by atoms with Crippen molar-refractivity contribution in [2.45, 2.75) is 12.8 Å². The smallest absolute Gasteiger partial charge is 0.0406 e. The molecule has 0 saturated heterocycles. The molecule has 0 saturated carbocycles. The molecular formula is C15H16ClN. The second kappa shape index (κ2) is 5.35. The molecule has 1 nitrogen and oxygen atoms in total. The van der Waals surface area contributed by atoms with E-state index in [0.717, 1.165) is 5.02 Å². The summed E-state index contributed by atoms with van der Waals surface area (Å²) in [5.74, 6) is 0.411. The predicted molar refractivity (Wildman–Crippen MR) is 74.4 cm³/mol. The Balaban J connectivity index is 2.26. The Morgan fingerprint density at radius 2 is 1.41 bits per heavy atom. The Morgan fingerprint density at radius 3 is 1.88 bits per heavy atom. The van der Waals surface area contributed by atoms with Crippen LogP contribution in [0.2, 0.25) is 5.02 Å². The van der Waals surface area contributed by atoms with Gasteiger partial charge >= 0.3 is 0 Å². The zero-order valence-electron chi connectivity index (χ0n) is 9.86. The van der Waals surface area contributed by atoms with Gasteiger partial charge in [-0.1, -0.05) is 54.9 Å². The van der Waals surface area contributed by atoms with E-state index in [2.05, 4.69) is 31.2 Å². The Kier molecular flexibility index (Phi) is 3.82. The molecule has 2 aromatic rings. The molecule has 0 heterocycles. The molecule has 2 N–H and O–H groups in total. The van der Waals surface area contributed by atoms with Gasteiger partial charge in [-0.05, 0) is 41.3 Å². The largest absolute Gasteiger partial charge is 0.330 e. The molecule has 0 aliphatic heterocycles. The van der Waals surface area contributed by atoms with Crippen LogP contribution in [0.4, 0.5) is 0 Å². The first-order valence-electron chi connectivity index (χ1n) is 5.76. The van der Waals surface area contributed by atoms with Crippen LogP contribution in [-0.4, -0.2) is 6.54 Å². The van der Waals surface area contributed by atoms with E-state index < -0.39 is 0 Å². The van der Waals surface area contributed by atoms with Gasteiger partial charge in [0.15, 0.2) is 0 Å². The minimum absolute atomic E-state index is 0.411. The summed E-state index contributed by atoms with van der Waals surface area (Å²) in [7, 11) is 0. The number of hydrogen-bond donors (Lipinski definition) is 1. The molecule has 0 radical (unpaired) electrons. The topological polar surface area (TPSA) is 26.0 Å². The van der Waals surface area contributed by atoms with Gasteiger partial charge in [0.1, 0.15) is 0 Å². The van der Waals surface area contributed by atoms with Crippen molar-refractivity contribution >= 4 is 11.6 Å². The Labute approximate surface area is 107 Å². The van der Waals surface area contributed by atoms with Gasteiger partial charge in [0.2, 0.25) is 0 Å². The van der Waals surface area contributed by atoms with Crippen LogP contribution in [0.5, 0.6) is 0 Å². The molecule has 2 rings (SSSR count). The quantitative estimate of drug-likeness (QED) is 0.867. The van der Waals surface area contributed by atoms with Gasteiger partial charge in [0, 0.05) is 5.02 Å². The molecular weight excluding hydrogens is 230 g/mol. The predicted octanol–water partition coefficient (Wildman–Crippen LogP) is 4.07. The lowest BCUT2D eigenvalue weighted by Gasteiger charge is -2.09. The second-order valence-corrected chi connectivity index (χ2v) is 4.70. The third-order valence-electron chi connectivity index (χ3n) is 3.01. The lowest BCUT2D eigenvalue weighted by Crippen LogP contribution is -2.08. The molecule has 1 unspecified atom stereocenters. The second-order valence-electron chi connectivity index (χ2n) is 4.27. The third kappa shape index (κ3) is 2.87. The van der Waals surface area contributed by atoms with Crippen molar-refractivity contribution in [1.29, 1.82) is 0 Å². The molecule has 0 spiro atoms. The Hall–Kier alpha value is -1.31. The van der Waals surface area contributed by atoms with Crippen LogP contribution < -0.4 is 5.73 Å². The van der Waals surface area contributed by atoms with E-state index in [-0.39, 0.29) is 0 Å². The number of halogens is 1. The molecule has 2 heteroatoms. The van der Waals surface area contributed by atoms with Crippen molar-refractivity contribution in [3.05, 3.63) is 59.1 Å². The zero-order chi connectivity index (χ0) is 12.3. The Bertz CT molecular complexity index is 473. The highest BCUT2D eigenvalue weighted by Gasteiger charge is 2.03. The summed E-state index contributed by atoms with van der Waals surface area (Å²) < 4.78 is 0. The van der Waals surface area contributed by atoms with Gasteiger partial charge in [-0.25, -0.2) is 0 Å². The van der Waals surface area contributed by atoms with E-state index >= 15 is 0 Å². The average molecular weight is 246 g/mol. The van der Waals surface area contributed by atoms with Gasteiger partial charge in [-0.2, -0.15) is 0 Å². The molecule has 0 bridgehead atoms. The van der Waals surface area contributed by atoms with Gasteiger partial charge in [0.05, 0.1) is 0 Å². The monoisotopic (exact) mass is 245 g/mol.